The van der Waals surface area contributed by atoms with Crippen LogP contribution in [0.25, 0.3) is 11.1 Å². The highest BCUT2D eigenvalue weighted by Crippen LogP contribution is 2.28. The Morgan fingerprint density at radius 2 is 2.17 bits per heavy atom. The smallest absolute Gasteiger partial charge is 0.123 e. The molecule has 2 aromatic rings. The molecule has 0 unspecified atom stereocenters. The minimum atomic E-state index is 0.788. The number of aromatic nitrogens is 2. The lowest BCUT2D eigenvalue weighted by Gasteiger charge is -2.10. The van der Waals surface area contributed by atoms with E-state index in [2.05, 4.69) is 29.5 Å². The molecule has 0 aliphatic heterocycles. The first-order valence-corrected chi connectivity index (χ1v) is 5.98. The van der Waals surface area contributed by atoms with Crippen molar-refractivity contribution in [3.05, 3.63) is 35.7 Å². The zero-order chi connectivity index (χ0) is 13.1. The minimum absolute atomic E-state index is 0.788. The van der Waals surface area contributed by atoms with E-state index in [1.165, 1.54) is 5.56 Å². The maximum Gasteiger partial charge on any atom is 0.123 e. The summed E-state index contributed by atoms with van der Waals surface area (Å²) in [7, 11) is 5.59. The van der Waals surface area contributed by atoms with Crippen LogP contribution in [0.15, 0.2) is 24.4 Å². The summed E-state index contributed by atoms with van der Waals surface area (Å²) in [5.41, 5.74) is 4.65. The Labute approximate surface area is 108 Å². The molecule has 1 heterocycles. The van der Waals surface area contributed by atoms with E-state index in [1.807, 2.05) is 31.0 Å². The monoisotopic (exact) mass is 245 g/mol. The van der Waals surface area contributed by atoms with Crippen molar-refractivity contribution in [1.82, 2.24) is 15.1 Å². The van der Waals surface area contributed by atoms with Crippen LogP contribution in [0.2, 0.25) is 0 Å². The fourth-order valence-corrected chi connectivity index (χ4v) is 2.06. The summed E-state index contributed by atoms with van der Waals surface area (Å²) in [5, 5.41) is 7.44. The van der Waals surface area contributed by atoms with Crippen LogP contribution in [0.5, 0.6) is 5.75 Å². The second-order valence-corrected chi connectivity index (χ2v) is 4.32. The summed E-state index contributed by atoms with van der Waals surface area (Å²) in [5.74, 6) is 0.912. The van der Waals surface area contributed by atoms with Crippen LogP contribution in [0, 0.1) is 6.92 Å². The number of hydrogen-bond acceptors (Lipinski definition) is 3. The summed E-state index contributed by atoms with van der Waals surface area (Å²) in [6.07, 6.45) is 1.90. The fourth-order valence-electron chi connectivity index (χ4n) is 2.06. The van der Waals surface area contributed by atoms with Gasteiger partial charge in [0.05, 0.1) is 13.3 Å². The molecule has 2 rings (SSSR count). The molecule has 0 spiro atoms. The van der Waals surface area contributed by atoms with Gasteiger partial charge in [0.25, 0.3) is 0 Å². The predicted octanol–water partition coefficient (Wildman–Crippen LogP) is 2.12. The number of ether oxygens (including phenoxy) is 1. The van der Waals surface area contributed by atoms with Gasteiger partial charge in [-0.2, -0.15) is 5.10 Å². The van der Waals surface area contributed by atoms with Crippen molar-refractivity contribution in [1.29, 1.82) is 0 Å². The number of nitrogens with zero attached hydrogens (tertiary/aromatic N) is 2. The van der Waals surface area contributed by atoms with E-state index >= 15 is 0 Å². The van der Waals surface area contributed by atoms with E-state index in [9.17, 15) is 0 Å². The Balaban J connectivity index is 2.46. The van der Waals surface area contributed by atoms with E-state index in [4.69, 9.17) is 4.74 Å². The summed E-state index contributed by atoms with van der Waals surface area (Å²) in [6.45, 7) is 2.86. The predicted molar refractivity (Wildman–Crippen MR) is 72.7 cm³/mol. The van der Waals surface area contributed by atoms with Crippen molar-refractivity contribution in [2.75, 3.05) is 14.2 Å². The summed E-state index contributed by atoms with van der Waals surface area (Å²) >= 11 is 0. The first-order valence-electron chi connectivity index (χ1n) is 5.98. The molecule has 0 saturated carbocycles. The van der Waals surface area contributed by atoms with E-state index in [0.29, 0.717) is 0 Å². The molecular weight excluding hydrogens is 226 g/mol. The Hall–Kier alpha value is -1.81. The number of benzene rings is 1. The van der Waals surface area contributed by atoms with Crippen LogP contribution >= 0.6 is 0 Å². The molecule has 18 heavy (non-hydrogen) atoms. The van der Waals surface area contributed by atoms with Crippen LogP contribution in [-0.4, -0.2) is 23.9 Å². The maximum atomic E-state index is 5.36. The van der Waals surface area contributed by atoms with Crippen molar-refractivity contribution in [2.24, 2.45) is 7.05 Å². The number of aryl methyl sites for hydroxylation is 1. The third-order valence-electron chi connectivity index (χ3n) is 3.19. The third-order valence-corrected chi connectivity index (χ3v) is 3.19. The van der Waals surface area contributed by atoms with Gasteiger partial charge < -0.3 is 10.1 Å². The second kappa shape index (κ2) is 5.23. The summed E-state index contributed by atoms with van der Waals surface area (Å²) < 4.78 is 7.25. The lowest BCUT2D eigenvalue weighted by Crippen LogP contribution is -2.06. The van der Waals surface area contributed by atoms with E-state index in [-0.39, 0.29) is 0 Å². The van der Waals surface area contributed by atoms with Crippen molar-refractivity contribution < 1.29 is 4.74 Å². The molecule has 4 nitrogen and oxygen atoms in total. The van der Waals surface area contributed by atoms with Gasteiger partial charge in [0.1, 0.15) is 5.75 Å². The van der Waals surface area contributed by atoms with E-state index in [1.54, 1.807) is 7.11 Å². The molecule has 4 heteroatoms. The SMILES string of the molecule is CNCc1cc(-c2cnn(C)c2C)ccc1OC. The average molecular weight is 245 g/mol. The summed E-state index contributed by atoms with van der Waals surface area (Å²) in [4.78, 5) is 0. The molecule has 0 aliphatic carbocycles. The summed E-state index contributed by atoms with van der Waals surface area (Å²) in [6, 6.07) is 6.23. The highest BCUT2D eigenvalue weighted by molar-refractivity contribution is 5.67. The van der Waals surface area contributed by atoms with Crippen LogP contribution in [0.1, 0.15) is 11.3 Å². The standard InChI is InChI=1S/C14H19N3O/c1-10-13(9-16-17(10)3)11-5-6-14(18-4)12(7-11)8-15-2/h5-7,9,15H,8H2,1-4H3. The second-order valence-electron chi connectivity index (χ2n) is 4.32. The highest BCUT2D eigenvalue weighted by Gasteiger charge is 2.09. The number of hydrogen-bond donors (Lipinski definition) is 1. The molecule has 96 valence electrons. The zero-order valence-corrected chi connectivity index (χ0v) is 11.3. The Bertz CT molecular complexity index is 546. The fraction of sp³-hybridized carbons (Fsp3) is 0.357. The van der Waals surface area contributed by atoms with Gasteiger partial charge in [0, 0.05) is 30.4 Å². The quantitative estimate of drug-likeness (QED) is 0.896. The molecule has 0 bridgehead atoms. The number of rotatable bonds is 4. The van der Waals surface area contributed by atoms with Gasteiger partial charge in [-0.3, -0.25) is 4.68 Å². The van der Waals surface area contributed by atoms with Gasteiger partial charge in [0.15, 0.2) is 0 Å². The molecule has 0 aliphatic rings. The normalized spacial score (nSPS) is 10.7. The molecule has 1 N–H and O–H groups in total. The average Bonchev–Trinajstić information content (AvgIpc) is 2.70. The van der Waals surface area contributed by atoms with Crippen LogP contribution < -0.4 is 10.1 Å². The van der Waals surface area contributed by atoms with E-state index < -0.39 is 0 Å². The first-order chi connectivity index (χ1) is 8.67. The molecule has 1 aromatic heterocycles. The number of methoxy groups -OCH3 is 1. The van der Waals surface area contributed by atoms with Gasteiger partial charge >= 0.3 is 0 Å². The largest absolute Gasteiger partial charge is 0.496 e. The van der Waals surface area contributed by atoms with Crippen LogP contribution in [0.4, 0.5) is 0 Å². The van der Waals surface area contributed by atoms with Crippen molar-refractivity contribution in [3.8, 4) is 16.9 Å². The lowest BCUT2D eigenvalue weighted by atomic mass is 10.0. The Morgan fingerprint density at radius 1 is 1.39 bits per heavy atom. The minimum Gasteiger partial charge on any atom is -0.496 e. The molecule has 0 amide bonds. The van der Waals surface area contributed by atoms with Crippen molar-refractivity contribution in [2.45, 2.75) is 13.5 Å². The van der Waals surface area contributed by atoms with E-state index in [0.717, 1.165) is 29.1 Å². The Morgan fingerprint density at radius 3 is 2.72 bits per heavy atom. The van der Waals surface area contributed by atoms with Crippen LogP contribution in [0.3, 0.4) is 0 Å². The van der Waals surface area contributed by atoms with Gasteiger partial charge in [-0.25, -0.2) is 0 Å². The van der Waals surface area contributed by atoms with Gasteiger partial charge in [0.2, 0.25) is 0 Å². The maximum absolute atomic E-state index is 5.36. The topological polar surface area (TPSA) is 39.1 Å². The van der Waals surface area contributed by atoms with Crippen molar-refractivity contribution >= 4 is 0 Å². The molecular formula is C14H19N3O. The molecule has 0 saturated heterocycles. The zero-order valence-electron chi connectivity index (χ0n) is 11.3. The number of nitrogens with one attached hydrogen (secondary N) is 1. The third kappa shape index (κ3) is 2.24. The molecule has 1 aromatic carbocycles. The van der Waals surface area contributed by atoms with Crippen molar-refractivity contribution in [3.63, 3.8) is 0 Å². The highest BCUT2D eigenvalue weighted by atomic mass is 16.5. The molecule has 0 fully saturated rings. The first kappa shape index (κ1) is 12.6. The van der Waals surface area contributed by atoms with Gasteiger partial charge in [-0.15, -0.1) is 0 Å². The van der Waals surface area contributed by atoms with Gasteiger partial charge in [-0.1, -0.05) is 6.07 Å². The molecule has 0 atom stereocenters. The van der Waals surface area contributed by atoms with Crippen LogP contribution in [-0.2, 0) is 13.6 Å². The lowest BCUT2D eigenvalue weighted by molar-refractivity contribution is 0.408. The Kier molecular flexibility index (Phi) is 3.67. The molecule has 0 radical (unpaired) electrons. The van der Waals surface area contributed by atoms with Gasteiger partial charge in [-0.05, 0) is 31.7 Å².